The van der Waals surface area contributed by atoms with Crippen LogP contribution in [0.2, 0.25) is 5.02 Å². The zero-order valence-corrected chi connectivity index (χ0v) is 10.7. The minimum Gasteiger partial charge on any atom is -0.495 e. The summed E-state index contributed by atoms with van der Waals surface area (Å²) in [5.74, 6) is 0.785. The fraction of sp³-hybridized carbons (Fsp3) is 0.538. The molecule has 1 heterocycles. The third-order valence-corrected chi connectivity index (χ3v) is 3.61. The van der Waals surface area contributed by atoms with Crippen molar-refractivity contribution in [3.8, 4) is 5.75 Å². The van der Waals surface area contributed by atoms with Gasteiger partial charge in [-0.25, -0.2) is 4.39 Å². The summed E-state index contributed by atoms with van der Waals surface area (Å²) in [5, 5.41) is 3.79. The number of nitrogens with one attached hydrogen (secondary N) is 1. The maximum absolute atomic E-state index is 13.8. The molecule has 0 bridgehead atoms. The van der Waals surface area contributed by atoms with E-state index in [1.54, 1.807) is 6.07 Å². The summed E-state index contributed by atoms with van der Waals surface area (Å²) < 4.78 is 19.0. The maximum Gasteiger partial charge on any atom is 0.143 e. The largest absolute Gasteiger partial charge is 0.495 e. The Labute approximate surface area is 106 Å². The van der Waals surface area contributed by atoms with Crippen LogP contribution in [0, 0.1) is 11.7 Å². The van der Waals surface area contributed by atoms with E-state index in [0.29, 0.717) is 28.7 Å². The SMILES string of the molecule is COc1c(Cl)ccc(F)c1CC1CCNCC1. The van der Waals surface area contributed by atoms with Crippen molar-refractivity contribution in [3.05, 3.63) is 28.5 Å². The molecule has 1 N–H and O–H groups in total. The Balaban J connectivity index is 2.21. The van der Waals surface area contributed by atoms with Crippen molar-refractivity contribution in [1.82, 2.24) is 5.32 Å². The number of hydrogen-bond donors (Lipinski definition) is 1. The van der Waals surface area contributed by atoms with Crippen molar-refractivity contribution in [1.29, 1.82) is 0 Å². The average molecular weight is 258 g/mol. The summed E-state index contributed by atoms with van der Waals surface area (Å²) in [6, 6.07) is 2.96. The van der Waals surface area contributed by atoms with Gasteiger partial charge in [0.15, 0.2) is 0 Å². The van der Waals surface area contributed by atoms with Crippen LogP contribution < -0.4 is 10.1 Å². The lowest BCUT2D eigenvalue weighted by molar-refractivity contribution is 0.355. The molecule has 0 atom stereocenters. The second-order valence-corrected chi connectivity index (χ2v) is 4.85. The molecule has 1 aliphatic rings. The van der Waals surface area contributed by atoms with Gasteiger partial charge in [0.1, 0.15) is 11.6 Å². The number of hydrogen-bond acceptors (Lipinski definition) is 2. The highest BCUT2D eigenvalue weighted by Crippen LogP contribution is 2.33. The number of rotatable bonds is 3. The van der Waals surface area contributed by atoms with Gasteiger partial charge < -0.3 is 10.1 Å². The van der Waals surface area contributed by atoms with E-state index < -0.39 is 0 Å². The van der Waals surface area contributed by atoms with Gasteiger partial charge in [-0.1, -0.05) is 11.6 Å². The van der Waals surface area contributed by atoms with Crippen molar-refractivity contribution in [3.63, 3.8) is 0 Å². The first-order valence-electron chi connectivity index (χ1n) is 5.94. The van der Waals surface area contributed by atoms with E-state index in [9.17, 15) is 4.39 Å². The molecule has 0 saturated carbocycles. The lowest BCUT2D eigenvalue weighted by Crippen LogP contribution is -2.28. The second kappa shape index (κ2) is 5.69. The minimum absolute atomic E-state index is 0.218. The lowest BCUT2D eigenvalue weighted by Gasteiger charge is -2.23. The van der Waals surface area contributed by atoms with Crippen LogP contribution in [0.1, 0.15) is 18.4 Å². The molecule has 2 rings (SSSR count). The second-order valence-electron chi connectivity index (χ2n) is 4.44. The molecule has 0 spiro atoms. The van der Waals surface area contributed by atoms with Crippen LogP contribution in [0.5, 0.6) is 5.75 Å². The Morgan fingerprint density at radius 2 is 2.12 bits per heavy atom. The number of methoxy groups -OCH3 is 1. The first kappa shape index (κ1) is 12.7. The van der Waals surface area contributed by atoms with Crippen molar-refractivity contribution in [2.24, 2.45) is 5.92 Å². The highest BCUT2D eigenvalue weighted by Gasteiger charge is 2.20. The molecule has 0 amide bonds. The molecule has 1 aromatic carbocycles. The zero-order chi connectivity index (χ0) is 12.3. The molecule has 1 fully saturated rings. The standard InChI is InChI=1S/C13H17ClFNO/c1-17-13-10(12(15)3-2-11(13)14)8-9-4-6-16-7-5-9/h2-3,9,16H,4-8H2,1H3. The summed E-state index contributed by atoms with van der Waals surface area (Å²) in [4.78, 5) is 0. The van der Waals surface area contributed by atoms with Gasteiger partial charge in [0, 0.05) is 5.56 Å². The van der Waals surface area contributed by atoms with Gasteiger partial charge >= 0.3 is 0 Å². The number of halogens is 2. The number of ether oxygens (including phenoxy) is 1. The molecule has 1 saturated heterocycles. The molecule has 0 radical (unpaired) electrons. The van der Waals surface area contributed by atoms with Gasteiger partial charge in [-0.2, -0.15) is 0 Å². The van der Waals surface area contributed by atoms with Crippen molar-refractivity contribution < 1.29 is 9.13 Å². The first-order chi connectivity index (χ1) is 8.22. The van der Waals surface area contributed by atoms with Crippen molar-refractivity contribution in [2.45, 2.75) is 19.3 Å². The maximum atomic E-state index is 13.8. The molecular formula is C13H17ClFNO. The van der Waals surface area contributed by atoms with Crippen molar-refractivity contribution in [2.75, 3.05) is 20.2 Å². The van der Waals surface area contributed by atoms with Gasteiger partial charge in [0.25, 0.3) is 0 Å². The molecule has 1 aliphatic heterocycles. The van der Waals surface area contributed by atoms with Gasteiger partial charge in [-0.15, -0.1) is 0 Å². The van der Waals surface area contributed by atoms with E-state index in [-0.39, 0.29) is 5.82 Å². The lowest BCUT2D eigenvalue weighted by atomic mass is 9.90. The molecule has 0 unspecified atom stereocenters. The van der Waals surface area contributed by atoms with E-state index in [1.165, 1.54) is 13.2 Å². The fourth-order valence-electron chi connectivity index (χ4n) is 2.36. The Morgan fingerprint density at radius 1 is 1.41 bits per heavy atom. The van der Waals surface area contributed by atoms with Crippen LogP contribution in [0.25, 0.3) is 0 Å². The average Bonchev–Trinajstić information content (AvgIpc) is 2.35. The van der Waals surface area contributed by atoms with Gasteiger partial charge in [0.2, 0.25) is 0 Å². The van der Waals surface area contributed by atoms with Crippen LogP contribution in [0.15, 0.2) is 12.1 Å². The summed E-state index contributed by atoms with van der Waals surface area (Å²) in [7, 11) is 1.53. The minimum atomic E-state index is -0.218. The van der Waals surface area contributed by atoms with Crippen LogP contribution in [-0.4, -0.2) is 20.2 Å². The van der Waals surface area contributed by atoms with Crippen LogP contribution >= 0.6 is 11.6 Å². The molecule has 0 aromatic heterocycles. The first-order valence-corrected chi connectivity index (χ1v) is 6.31. The van der Waals surface area contributed by atoms with E-state index in [2.05, 4.69) is 5.32 Å². The fourth-order valence-corrected chi connectivity index (χ4v) is 2.61. The molecular weight excluding hydrogens is 241 g/mol. The molecule has 1 aromatic rings. The molecule has 4 heteroatoms. The zero-order valence-electron chi connectivity index (χ0n) is 9.93. The van der Waals surface area contributed by atoms with Gasteiger partial charge in [0.05, 0.1) is 12.1 Å². The summed E-state index contributed by atoms with van der Waals surface area (Å²) in [5.41, 5.74) is 0.618. The molecule has 94 valence electrons. The topological polar surface area (TPSA) is 21.3 Å². The number of piperidine rings is 1. The number of benzene rings is 1. The Bertz CT molecular complexity index is 391. The van der Waals surface area contributed by atoms with E-state index in [0.717, 1.165) is 25.9 Å². The predicted octanol–water partition coefficient (Wildman–Crippen LogP) is 3.03. The Morgan fingerprint density at radius 3 is 2.76 bits per heavy atom. The van der Waals surface area contributed by atoms with Crippen LogP contribution in [0.3, 0.4) is 0 Å². The highest BCUT2D eigenvalue weighted by molar-refractivity contribution is 6.32. The predicted molar refractivity (Wildman–Crippen MR) is 67.3 cm³/mol. The van der Waals surface area contributed by atoms with E-state index in [4.69, 9.17) is 16.3 Å². The summed E-state index contributed by atoms with van der Waals surface area (Å²) >= 11 is 6.02. The quantitative estimate of drug-likeness (QED) is 0.899. The van der Waals surface area contributed by atoms with Crippen LogP contribution in [0.4, 0.5) is 4.39 Å². The highest BCUT2D eigenvalue weighted by atomic mass is 35.5. The van der Waals surface area contributed by atoms with E-state index in [1.807, 2.05) is 0 Å². The third kappa shape index (κ3) is 2.90. The van der Waals surface area contributed by atoms with Gasteiger partial charge in [-0.05, 0) is 50.4 Å². The third-order valence-electron chi connectivity index (χ3n) is 3.31. The Kier molecular flexibility index (Phi) is 4.24. The monoisotopic (exact) mass is 257 g/mol. The summed E-state index contributed by atoms with van der Waals surface area (Å²) in [6.45, 7) is 2.02. The molecule has 17 heavy (non-hydrogen) atoms. The Hall–Kier alpha value is -0.800. The van der Waals surface area contributed by atoms with E-state index >= 15 is 0 Å². The summed E-state index contributed by atoms with van der Waals surface area (Å²) in [6.07, 6.45) is 2.86. The van der Waals surface area contributed by atoms with Crippen LogP contribution in [-0.2, 0) is 6.42 Å². The normalized spacial score (nSPS) is 17.1. The van der Waals surface area contributed by atoms with Gasteiger partial charge in [-0.3, -0.25) is 0 Å². The smallest absolute Gasteiger partial charge is 0.143 e. The molecule has 2 nitrogen and oxygen atoms in total. The molecule has 0 aliphatic carbocycles. The van der Waals surface area contributed by atoms with Crippen molar-refractivity contribution >= 4 is 11.6 Å².